The minimum atomic E-state index is -0.583. The van der Waals surface area contributed by atoms with Crippen LogP contribution in [0.2, 0.25) is 0 Å². The molecule has 0 aromatic heterocycles. The first-order valence-electron chi connectivity index (χ1n) is 6.52. The number of benzene rings is 2. The van der Waals surface area contributed by atoms with Gasteiger partial charge in [0.15, 0.2) is 0 Å². The van der Waals surface area contributed by atoms with Gasteiger partial charge in [0, 0.05) is 12.1 Å². The molecule has 2 N–H and O–H groups in total. The molecule has 2 rings (SSSR count). The van der Waals surface area contributed by atoms with Crippen LogP contribution in [-0.4, -0.2) is 6.61 Å². The molecule has 0 heterocycles. The van der Waals surface area contributed by atoms with Gasteiger partial charge in [0.25, 0.3) is 0 Å². The number of rotatable bonds is 5. The second kappa shape index (κ2) is 6.48. The molecule has 1 atom stereocenters. The molecule has 1 unspecified atom stereocenters. The van der Waals surface area contributed by atoms with Crippen LogP contribution in [0, 0.1) is 11.6 Å². The van der Waals surface area contributed by atoms with E-state index in [0.717, 1.165) is 17.4 Å². The van der Waals surface area contributed by atoms with Crippen molar-refractivity contribution < 1.29 is 13.5 Å². The van der Waals surface area contributed by atoms with Gasteiger partial charge in [-0.05, 0) is 42.7 Å². The highest BCUT2D eigenvalue weighted by Gasteiger charge is 2.11. The van der Waals surface area contributed by atoms with E-state index in [1.165, 1.54) is 12.1 Å². The number of halogens is 2. The number of nitrogens with two attached hydrogens (primary N) is 1. The van der Waals surface area contributed by atoms with Crippen LogP contribution in [0.5, 0.6) is 5.75 Å². The zero-order valence-corrected chi connectivity index (χ0v) is 11.3. The SMILES string of the molecule is CCOc1ccc(C(N)Cc2ccc(F)cc2F)cc1. The summed E-state index contributed by atoms with van der Waals surface area (Å²) in [6, 6.07) is 10.6. The van der Waals surface area contributed by atoms with Crippen LogP contribution < -0.4 is 10.5 Å². The highest BCUT2D eigenvalue weighted by atomic mass is 19.1. The Morgan fingerprint density at radius 3 is 2.40 bits per heavy atom. The van der Waals surface area contributed by atoms with Gasteiger partial charge in [-0.1, -0.05) is 18.2 Å². The Morgan fingerprint density at radius 2 is 1.80 bits per heavy atom. The van der Waals surface area contributed by atoms with Gasteiger partial charge < -0.3 is 10.5 Å². The van der Waals surface area contributed by atoms with Crippen molar-refractivity contribution in [3.05, 3.63) is 65.2 Å². The molecule has 0 saturated carbocycles. The lowest BCUT2D eigenvalue weighted by Gasteiger charge is -2.13. The van der Waals surface area contributed by atoms with Gasteiger partial charge in [-0.3, -0.25) is 0 Å². The van der Waals surface area contributed by atoms with E-state index in [-0.39, 0.29) is 6.04 Å². The molecule has 0 bridgehead atoms. The second-order valence-corrected chi connectivity index (χ2v) is 4.55. The fourth-order valence-electron chi connectivity index (χ4n) is 2.02. The topological polar surface area (TPSA) is 35.2 Å². The molecule has 0 aliphatic carbocycles. The van der Waals surface area contributed by atoms with Crippen LogP contribution in [0.1, 0.15) is 24.1 Å². The monoisotopic (exact) mass is 277 g/mol. The van der Waals surface area contributed by atoms with E-state index in [4.69, 9.17) is 10.5 Å². The molecule has 0 radical (unpaired) electrons. The Hall–Kier alpha value is -1.94. The summed E-state index contributed by atoms with van der Waals surface area (Å²) in [5.41, 5.74) is 7.35. The van der Waals surface area contributed by atoms with Gasteiger partial charge >= 0.3 is 0 Å². The Morgan fingerprint density at radius 1 is 1.10 bits per heavy atom. The zero-order chi connectivity index (χ0) is 14.5. The molecule has 0 fully saturated rings. The highest BCUT2D eigenvalue weighted by Crippen LogP contribution is 2.21. The first kappa shape index (κ1) is 14.5. The van der Waals surface area contributed by atoms with E-state index in [1.807, 2.05) is 31.2 Å². The van der Waals surface area contributed by atoms with Gasteiger partial charge in [-0.2, -0.15) is 0 Å². The smallest absolute Gasteiger partial charge is 0.129 e. The average Bonchev–Trinajstić information content (AvgIpc) is 2.43. The lowest BCUT2D eigenvalue weighted by molar-refractivity contribution is 0.340. The summed E-state index contributed by atoms with van der Waals surface area (Å²) in [4.78, 5) is 0. The van der Waals surface area contributed by atoms with Gasteiger partial charge in [0.2, 0.25) is 0 Å². The van der Waals surface area contributed by atoms with E-state index in [1.54, 1.807) is 0 Å². The normalized spacial score (nSPS) is 12.2. The lowest BCUT2D eigenvalue weighted by atomic mass is 9.99. The summed E-state index contributed by atoms with van der Waals surface area (Å²) >= 11 is 0. The molecule has 2 nitrogen and oxygen atoms in total. The first-order chi connectivity index (χ1) is 9.60. The quantitative estimate of drug-likeness (QED) is 0.906. The standard InChI is InChI=1S/C16H17F2NO/c1-2-20-14-7-4-11(5-8-14)16(19)9-12-3-6-13(17)10-15(12)18/h3-8,10,16H,2,9,19H2,1H3. The molecule has 106 valence electrons. The van der Waals surface area contributed by atoms with E-state index < -0.39 is 11.6 Å². The van der Waals surface area contributed by atoms with E-state index in [2.05, 4.69) is 0 Å². The molecule has 0 aliphatic heterocycles. The Balaban J connectivity index is 2.09. The van der Waals surface area contributed by atoms with Crippen molar-refractivity contribution in [1.82, 2.24) is 0 Å². The number of ether oxygens (including phenoxy) is 1. The first-order valence-corrected chi connectivity index (χ1v) is 6.52. The van der Waals surface area contributed by atoms with E-state index in [0.29, 0.717) is 18.6 Å². The van der Waals surface area contributed by atoms with Crippen LogP contribution in [0.3, 0.4) is 0 Å². The molecule has 0 spiro atoms. The molecule has 0 amide bonds. The minimum absolute atomic E-state index is 0.320. The highest BCUT2D eigenvalue weighted by molar-refractivity contribution is 5.30. The molecule has 20 heavy (non-hydrogen) atoms. The Labute approximate surface area is 117 Å². The maximum Gasteiger partial charge on any atom is 0.129 e. The maximum atomic E-state index is 13.6. The summed E-state index contributed by atoms with van der Waals surface area (Å²) in [5, 5.41) is 0. The van der Waals surface area contributed by atoms with E-state index >= 15 is 0 Å². The summed E-state index contributed by atoms with van der Waals surface area (Å²) in [6.07, 6.45) is 0.320. The predicted octanol–water partition coefficient (Wildman–Crippen LogP) is 3.61. The largest absolute Gasteiger partial charge is 0.494 e. The summed E-state index contributed by atoms with van der Waals surface area (Å²) in [7, 11) is 0. The van der Waals surface area contributed by atoms with Crippen LogP contribution in [0.15, 0.2) is 42.5 Å². The summed E-state index contributed by atoms with van der Waals surface area (Å²) in [6.45, 7) is 2.52. The van der Waals surface area contributed by atoms with Crippen LogP contribution >= 0.6 is 0 Å². The minimum Gasteiger partial charge on any atom is -0.494 e. The van der Waals surface area contributed by atoms with Crippen molar-refractivity contribution in [3.63, 3.8) is 0 Å². The van der Waals surface area contributed by atoms with Crippen molar-refractivity contribution >= 4 is 0 Å². The van der Waals surface area contributed by atoms with Crippen molar-refractivity contribution in [3.8, 4) is 5.75 Å². The average molecular weight is 277 g/mol. The van der Waals surface area contributed by atoms with Crippen molar-refractivity contribution in [2.24, 2.45) is 5.73 Å². The van der Waals surface area contributed by atoms with Crippen molar-refractivity contribution in [2.45, 2.75) is 19.4 Å². The third kappa shape index (κ3) is 3.54. The van der Waals surface area contributed by atoms with E-state index in [9.17, 15) is 8.78 Å². The van der Waals surface area contributed by atoms with Gasteiger partial charge in [-0.15, -0.1) is 0 Å². The molecular weight excluding hydrogens is 260 g/mol. The zero-order valence-electron chi connectivity index (χ0n) is 11.3. The second-order valence-electron chi connectivity index (χ2n) is 4.55. The van der Waals surface area contributed by atoms with Gasteiger partial charge in [-0.25, -0.2) is 8.78 Å². The number of hydrogen-bond donors (Lipinski definition) is 1. The van der Waals surface area contributed by atoms with Crippen molar-refractivity contribution in [2.75, 3.05) is 6.61 Å². The Kier molecular flexibility index (Phi) is 4.69. The molecule has 2 aromatic carbocycles. The third-order valence-electron chi connectivity index (χ3n) is 3.07. The van der Waals surface area contributed by atoms with Crippen LogP contribution in [-0.2, 0) is 6.42 Å². The maximum absolute atomic E-state index is 13.6. The third-order valence-corrected chi connectivity index (χ3v) is 3.07. The Bertz CT molecular complexity index is 569. The fourth-order valence-corrected chi connectivity index (χ4v) is 2.02. The van der Waals surface area contributed by atoms with Crippen LogP contribution in [0.4, 0.5) is 8.78 Å². The molecule has 2 aromatic rings. The summed E-state index contributed by atoms with van der Waals surface area (Å²) in [5.74, 6) is -0.372. The van der Waals surface area contributed by atoms with Gasteiger partial charge in [0.1, 0.15) is 17.4 Å². The van der Waals surface area contributed by atoms with Crippen LogP contribution in [0.25, 0.3) is 0 Å². The molecule has 4 heteroatoms. The summed E-state index contributed by atoms with van der Waals surface area (Å²) < 4.78 is 31.8. The number of hydrogen-bond acceptors (Lipinski definition) is 2. The molecular formula is C16H17F2NO. The lowest BCUT2D eigenvalue weighted by Crippen LogP contribution is -2.14. The predicted molar refractivity (Wildman–Crippen MR) is 74.6 cm³/mol. The fraction of sp³-hybridized carbons (Fsp3) is 0.250. The molecule has 0 saturated heterocycles. The molecule has 0 aliphatic rings. The van der Waals surface area contributed by atoms with Crippen molar-refractivity contribution in [1.29, 1.82) is 0 Å². The van der Waals surface area contributed by atoms with Gasteiger partial charge in [0.05, 0.1) is 6.61 Å².